The summed E-state index contributed by atoms with van der Waals surface area (Å²) in [6, 6.07) is 23.7. The lowest BCUT2D eigenvalue weighted by molar-refractivity contribution is 1.16. The molecule has 0 aliphatic heterocycles. The molecule has 0 bridgehead atoms. The van der Waals surface area contributed by atoms with E-state index in [0.717, 1.165) is 34.1 Å². The van der Waals surface area contributed by atoms with Gasteiger partial charge in [-0.1, -0.05) is 0 Å². The highest BCUT2D eigenvalue weighted by atomic mass is 15.1. The van der Waals surface area contributed by atoms with E-state index in [1.54, 1.807) is 21.1 Å². The summed E-state index contributed by atoms with van der Waals surface area (Å²) in [6.07, 6.45) is 0. The van der Waals surface area contributed by atoms with Gasteiger partial charge in [-0.05, 0) is 72.8 Å². The first-order valence-electron chi connectivity index (χ1n) is 8.75. The standard InChI is InChI=1S/C21H21N7/c1-22-25-16-4-10-19(11-5-16)28(20-12-6-17(7-13-20)26-23-2)21-14-8-18(9-15-21)27-24-3/h4-15H,1-3H3. The molecule has 0 heterocycles. The van der Waals surface area contributed by atoms with Crippen LogP contribution in [0.15, 0.2) is 103 Å². The fourth-order valence-electron chi connectivity index (χ4n) is 2.80. The van der Waals surface area contributed by atoms with Crippen molar-refractivity contribution in [3.8, 4) is 0 Å². The molecular formula is C21H21N7. The Bertz CT molecular complexity index is 841. The van der Waals surface area contributed by atoms with E-state index in [2.05, 4.69) is 35.6 Å². The van der Waals surface area contributed by atoms with Crippen LogP contribution in [0.25, 0.3) is 0 Å². The Morgan fingerprint density at radius 1 is 0.429 bits per heavy atom. The van der Waals surface area contributed by atoms with Crippen LogP contribution in [0.5, 0.6) is 0 Å². The van der Waals surface area contributed by atoms with Crippen LogP contribution < -0.4 is 4.90 Å². The molecule has 3 aromatic carbocycles. The summed E-state index contributed by atoms with van der Waals surface area (Å²) in [5.41, 5.74) is 5.44. The number of azo groups is 3. The summed E-state index contributed by atoms with van der Waals surface area (Å²) in [7, 11) is 4.97. The van der Waals surface area contributed by atoms with E-state index in [-0.39, 0.29) is 0 Å². The lowest BCUT2D eigenvalue weighted by Crippen LogP contribution is -2.09. The van der Waals surface area contributed by atoms with Crippen molar-refractivity contribution in [1.29, 1.82) is 0 Å². The summed E-state index contributed by atoms with van der Waals surface area (Å²) < 4.78 is 0. The number of anilines is 3. The molecule has 3 rings (SSSR count). The predicted octanol–water partition coefficient (Wildman–Crippen LogP) is 7.30. The van der Waals surface area contributed by atoms with Crippen molar-refractivity contribution in [2.45, 2.75) is 0 Å². The van der Waals surface area contributed by atoms with Crippen LogP contribution in [0.4, 0.5) is 34.1 Å². The molecule has 7 nitrogen and oxygen atoms in total. The van der Waals surface area contributed by atoms with Crippen LogP contribution in [0, 0.1) is 0 Å². The van der Waals surface area contributed by atoms with E-state index >= 15 is 0 Å². The number of nitrogens with zero attached hydrogens (tertiary/aromatic N) is 7. The Balaban J connectivity index is 2.04. The smallest absolute Gasteiger partial charge is 0.0853 e. The van der Waals surface area contributed by atoms with Gasteiger partial charge >= 0.3 is 0 Å². The van der Waals surface area contributed by atoms with Gasteiger partial charge in [0.05, 0.1) is 17.1 Å². The maximum atomic E-state index is 4.08. The Morgan fingerprint density at radius 3 is 0.893 bits per heavy atom. The van der Waals surface area contributed by atoms with Crippen LogP contribution in [0.2, 0.25) is 0 Å². The van der Waals surface area contributed by atoms with Crippen molar-refractivity contribution >= 4 is 34.1 Å². The fraction of sp³-hybridized carbons (Fsp3) is 0.143. The van der Waals surface area contributed by atoms with Crippen molar-refractivity contribution in [1.82, 2.24) is 0 Å². The number of hydrogen-bond donors (Lipinski definition) is 0. The summed E-state index contributed by atoms with van der Waals surface area (Å²) in [4.78, 5) is 2.15. The van der Waals surface area contributed by atoms with Crippen LogP contribution in [0.3, 0.4) is 0 Å². The van der Waals surface area contributed by atoms with E-state index in [4.69, 9.17) is 0 Å². The van der Waals surface area contributed by atoms with Crippen LogP contribution >= 0.6 is 0 Å². The third kappa shape index (κ3) is 4.50. The van der Waals surface area contributed by atoms with Gasteiger partial charge < -0.3 is 4.90 Å². The van der Waals surface area contributed by atoms with Gasteiger partial charge in [0.25, 0.3) is 0 Å². The first-order valence-corrected chi connectivity index (χ1v) is 8.75. The van der Waals surface area contributed by atoms with Gasteiger partial charge in [0.1, 0.15) is 0 Å². The van der Waals surface area contributed by atoms with Crippen LogP contribution in [0.1, 0.15) is 0 Å². The minimum Gasteiger partial charge on any atom is -0.310 e. The van der Waals surface area contributed by atoms with Crippen molar-refractivity contribution in [3.63, 3.8) is 0 Å². The predicted molar refractivity (Wildman–Crippen MR) is 112 cm³/mol. The highest BCUT2D eigenvalue weighted by molar-refractivity contribution is 5.78. The average Bonchev–Trinajstić information content (AvgIpc) is 2.73. The number of benzene rings is 3. The number of hydrogen-bond acceptors (Lipinski definition) is 7. The summed E-state index contributed by atoms with van der Waals surface area (Å²) in [6.45, 7) is 0. The second-order valence-electron chi connectivity index (χ2n) is 5.78. The van der Waals surface area contributed by atoms with Gasteiger partial charge in [0.2, 0.25) is 0 Å². The average molecular weight is 371 g/mol. The molecule has 0 saturated heterocycles. The Morgan fingerprint density at radius 2 is 0.679 bits per heavy atom. The number of rotatable bonds is 6. The molecule has 7 heteroatoms. The maximum absolute atomic E-state index is 4.08. The molecule has 3 aromatic rings. The first-order chi connectivity index (χ1) is 13.7. The van der Waals surface area contributed by atoms with Gasteiger partial charge in [0, 0.05) is 38.2 Å². The van der Waals surface area contributed by atoms with Gasteiger partial charge in [-0.15, -0.1) is 0 Å². The van der Waals surface area contributed by atoms with Crippen LogP contribution in [-0.4, -0.2) is 21.1 Å². The van der Waals surface area contributed by atoms with E-state index in [0.29, 0.717) is 0 Å². The van der Waals surface area contributed by atoms with Crippen molar-refractivity contribution in [2.24, 2.45) is 30.7 Å². The highest BCUT2D eigenvalue weighted by Crippen LogP contribution is 2.36. The van der Waals surface area contributed by atoms with E-state index in [1.165, 1.54) is 0 Å². The molecular weight excluding hydrogens is 350 g/mol. The topological polar surface area (TPSA) is 77.4 Å². The molecule has 0 aliphatic rings. The SMILES string of the molecule is CN=Nc1ccc(N(c2ccc(N=NC)cc2)c2ccc(N=NC)cc2)cc1. The monoisotopic (exact) mass is 371 g/mol. The van der Waals surface area contributed by atoms with Crippen molar-refractivity contribution in [2.75, 3.05) is 26.0 Å². The molecule has 0 fully saturated rings. The van der Waals surface area contributed by atoms with Crippen molar-refractivity contribution in [3.05, 3.63) is 72.8 Å². The minimum absolute atomic E-state index is 0.809. The molecule has 0 atom stereocenters. The molecule has 0 saturated carbocycles. The Labute approximate surface area is 164 Å². The molecule has 0 aromatic heterocycles. The van der Waals surface area contributed by atoms with Crippen molar-refractivity contribution < 1.29 is 0 Å². The maximum Gasteiger partial charge on any atom is 0.0853 e. The summed E-state index contributed by atoms with van der Waals surface area (Å²) in [5.74, 6) is 0. The van der Waals surface area contributed by atoms with Gasteiger partial charge in [0.15, 0.2) is 0 Å². The molecule has 0 radical (unpaired) electrons. The zero-order valence-electron chi connectivity index (χ0n) is 16.1. The lowest BCUT2D eigenvalue weighted by atomic mass is 10.1. The van der Waals surface area contributed by atoms with Gasteiger partial charge in [-0.3, -0.25) is 0 Å². The highest BCUT2D eigenvalue weighted by Gasteiger charge is 2.12. The molecule has 0 amide bonds. The normalized spacial score (nSPS) is 11.7. The molecule has 0 N–H and O–H groups in total. The lowest BCUT2D eigenvalue weighted by Gasteiger charge is -2.25. The van der Waals surface area contributed by atoms with E-state index < -0.39 is 0 Å². The Kier molecular flexibility index (Phi) is 6.30. The molecule has 0 aliphatic carbocycles. The first kappa shape index (κ1) is 19.0. The van der Waals surface area contributed by atoms with Gasteiger partial charge in [-0.2, -0.15) is 30.7 Å². The minimum atomic E-state index is 0.809. The fourth-order valence-corrected chi connectivity index (χ4v) is 2.80. The molecule has 28 heavy (non-hydrogen) atoms. The molecule has 0 unspecified atom stereocenters. The molecule has 140 valence electrons. The van der Waals surface area contributed by atoms with E-state index in [1.807, 2.05) is 72.8 Å². The largest absolute Gasteiger partial charge is 0.310 e. The zero-order valence-corrected chi connectivity index (χ0v) is 16.1. The van der Waals surface area contributed by atoms with Gasteiger partial charge in [-0.25, -0.2) is 0 Å². The molecule has 0 spiro atoms. The third-order valence-electron chi connectivity index (χ3n) is 3.97. The summed E-state index contributed by atoms with van der Waals surface area (Å²) >= 11 is 0. The Hall–Kier alpha value is -3.74. The summed E-state index contributed by atoms with van der Waals surface area (Å²) in [5, 5.41) is 23.7. The zero-order chi connectivity index (χ0) is 19.8. The third-order valence-corrected chi connectivity index (χ3v) is 3.97. The quantitative estimate of drug-likeness (QED) is 0.419. The van der Waals surface area contributed by atoms with E-state index in [9.17, 15) is 0 Å². The van der Waals surface area contributed by atoms with Crippen LogP contribution in [-0.2, 0) is 0 Å². The second-order valence-corrected chi connectivity index (χ2v) is 5.78. The second kappa shape index (κ2) is 9.27.